The monoisotopic (exact) mass is 299 g/mol. The van der Waals surface area contributed by atoms with Crippen molar-refractivity contribution in [2.24, 2.45) is 0 Å². The van der Waals surface area contributed by atoms with E-state index in [1.54, 1.807) is 24.4 Å². The first-order chi connectivity index (χ1) is 10.1. The van der Waals surface area contributed by atoms with Gasteiger partial charge in [-0.3, -0.25) is 4.79 Å². The standard InChI is InChI=1S/C16H14ClN3O/c1-9-3-2-4-13(17)15(9)20-16(21)12-8-19-14-7-10(18)5-6-11(12)14/h2-8,19H,18H2,1H3,(H,20,21). The van der Waals surface area contributed by atoms with Gasteiger partial charge in [-0.15, -0.1) is 0 Å². The molecule has 1 aromatic heterocycles. The first-order valence-electron chi connectivity index (χ1n) is 6.49. The van der Waals surface area contributed by atoms with Crippen LogP contribution in [0.3, 0.4) is 0 Å². The van der Waals surface area contributed by atoms with Crippen LogP contribution in [0.25, 0.3) is 10.9 Å². The third-order valence-corrected chi connectivity index (χ3v) is 3.73. The highest BCUT2D eigenvalue weighted by atomic mass is 35.5. The van der Waals surface area contributed by atoms with E-state index in [1.807, 2.05) is 25.1 Å². The van der Waals surface area contributed by atoms with Crippen molar-refractivity contribution in [2.75, 3.05) is 11.1 Å². The molecule has 0 aliphatic rings. The lowest BCUT2D eigenvalue weighted by atomic mass is 10.1. The summed E-state index contributed by atoms with van der Waals surface area (Å²) in [6.07, 6.45) is 1.67. The van der Waals surface area contributed by atoms with Crippen molar-refractivity contribution in [2.45, 2.75) is 6.92 Å². The Morgan fingerprint density at radius 2 is 2.10 bits per heavy atom. The van der Waals surface area contributed by atoms with Crippen LogP contribution in [-0.2, 0) is 0 Å². The number of benzene rings is 2. The Labute approximate surface area is 126 Å². The second-order valence-corrected chi connectivity index (χ2v) is 5.30. The summed E-state index contributed by atoms with van der Waals surface area (Å²) < 4.78 is 0. The lowest BCUT2D eigenvalue weighted by Crippen LogP contribution is -2.12. The van der Waals surface area contributed by atoms with E-state index in [4.69, 9.17) is 17.3 Å². The topological polar surface area (TPSA) is 70.9 Å². The molecule has 0 aliphatic carbocycles. The molecular formula is C16H14ClN3O. The van der Waals surface area contributed by atoms with Gasteiger partial charge < -0.3 is 16.0 Å². The number of halogens is 1. The number of nitrogens with two attached hydrogens (primary N) is 1. The van der Waals surface area contributed by atoms with Crippen molar-refractivity contribution in [3.63, 3.8) is 0 Å². The van der Waals surface area contributed by atoms with Crippen LogP contribution in [-0.4, -0.2) is 10.9 Å². The van der Waals surface area contributed by atoms with E-state index in [0.717, 1.165) is 16.5 Å². The number of carbonyl (C=O) groups is 1. The summed E-state index contributed by atoms with van der Waals surface area (Å²) in [7, 11) is 0. The van der Waals surface area contributed by atoms with E-state index in [2.05, 4.69) is 10.3 Å². The van der Waals surface area contributed by atoms with Crippen molar-refractivity contribution in [3.05, 3.63) is 58.7 Å². The van der Waals surface area contributed by atoms with Crippen LogP contribution in [0.2, 0.25) is 5.02 Å². The Morgan fingerprint density at radius 1 is 1.29 bits per heavy atom. The molecule has 3 aromatic rings. The van der Waals surface area contributed by atoms with Gasteiger partial charge in [-0.05, 0) is 36.8 Å². The van der Waals surface area contributed by atoms with Gasteiger partial charge in [-0.25, -0.2) is 0 Å². The number of aryl methyl sites for hydroxylation is 1. The summed E-state index contributed by atoms with van der Waals surface area (Å²) in [5.74, 6) is -0.206. The van der Waals surface area contributed by atoms with Gasteiger partial charge in [0.2, 0.25) is 0 Å². The van der Waals surface area contributed by atoms with Gasteiger partial charge in [0.1, 0.15) is 0 Å². The fourth-order valence-corrected chi connectivity index (χ4v) is 2.57. The van der Waals surface area contributed by atoms with Crippen molar-refractivity contribution in [1.82, 2.24) is 4.98 Å². The van der Waals surface area contributed by atoms with Gasteiger partial charge in [0.15, 0.2) is 0 Å². The summed E-state index contributed by atoms with van der Waals surface area (Å²) in [6, 6.07) is 10.9. The summed E-state index contributed by atoms with van der Waals surface area (Å²) in [5.41, 5.74) is 9.32. The predicted octanol–water partition coefficient (Wildman–Crippen LogP) is 3.96. The molecule has 0 radical (unpaired) electrons. The van der Waals surface area contributed by atoms with E-state index < -0.39 is 0 Å². The van der Waals surface area contributed by atoms with Gasteiger partial charge in [-0.1, -0.05) is 23.7 Å². The lowest BCUT2D eigenvalue weighted by molar-refractivity contribution is 0.102. The molecule has 0 unspecified atom stereocenters. The number of hydrogen-bond acceptors (Lipinski definition) is 2. The SMILES string of the molecule is Cc1cccc(Cl)c1NC(=O)c1c[nH]c2cc(N)ccc12. The number of amides is 1. The minimum absolute atomic E-state index is 0.206. The van der Waals surface area contributed by atoms with E-state index >= 15 is 0 Å². The van der Waals surface area contributed by atoms with Crippen LogP contribution in [0.4, 0.5) is 11.4 Å². The van der Waals surface area contributed by atoms with E-state index in [9.17, 15) is 4.79 Å². The second kappa shape index (κ2) is 5.14. The molecule has 3 rings (SSSR count). The third-order valence-electron chi connectivity index (χ3n) is 3.41. The van der Waals surface area contributed by atoms with E-state index in [-0.39, 0.29) is 5.91 Å². The molecule has 0 saturated carbocycles. The minimum atomic E-state index is -0.206. The van der Waals surface area contributed by atoms with E-state index in [1.165, 1.54) is 0 Å². The summed E-state index contributed by atoms with van der Waals surface area (Å²) >= 11 is 6.13. The molecule has 1 heterocycles. The van der Waals surface area contributed by atoms with Crippen LogP contribution in [0, 0.1) is 6.92 Å². The smallest absolute Gasteiger partial charge is 0.257 e. The molecule has 2 aromatic carbocycles. The van der Waals surface area contributed by atoms with Crippen LogP contribution in [0.15, 0.2) is 42.6 Å². The molecule has 0 spiro atoms. The minimum Gasteiger partial charge on any atom is -0.399 e. The maximum atomic E-state index is 12.5. The number of aromatic amines is 1. The van der Waals surface area contributed by atoms with E-state index in [0.29, 0.717) is 22.0 Å². The molecular weight excluding hydrogens is 286 g/mol. The number of nitrogens with one attached hydrogen (secondary N) is 2. The molecule has 106 valence electrons. The predicted molar refractivity (Wildman–Crippen MR) is 86.9 cm³/mol. The van der Waals surface area contributed by atoms with Gasteiger partial charge in [0.25, 0.3) is 5.91 Å². The molecule has 0 aliphatic heterocycles. The highest BCUT2D eigenvalue weighted by Crippen LogP contribution is 2.27. The highest BCUT2D eigenvalue weighted by molar-refractivity contribution is 6.34. The molecule has 0 atom stereocenters. The molecule has 5 heteroatoms. The fraction of sp³-hybridized carbons (Fsp3) is 0.0625. The number of carbonyl (C=O) groups excluding carboxylic acids is 1. The van der Waals surface area contributed by atoms with Crippen molar-refractivity contribution in [3.8, 4) is 0 Å². The molecule has 0 saturated heterocycles. The second-order valence-electron chi connectivity index (χ2n) is 4.89. The lowest BCUT2D eigenvalue weighted by Gasteiger charge is -2.09. The maximum Gasteiger partial charge on any atom is 0.257 e. The van der Waals surface area contributed by atoms with Crippen molar-refractivity contribution < 1.29 is 4.79 Å². The largest absolute Gasteiger partial charge is 0.399 e. The fourth-order valence-electron chi connectivity index (χ4n) is 2.30. The third kappa shape index (κ3) is 2.45. The van der Waals surface area contributed by atoms with Gasteiger partial charge >= 0.3 is 0 Å². The first kappa shape index (κ1) is 13.5. The zero-order chi connectivity index (χ0) is 15.0. The average molecular weight is 300 g/mol. The molecule has 0 fully saturated rings. The quantitative estimate of drug-likeness (QED) is 0.627. The Balaban J connectivity index is 1.98. The zero-order valence-electron chi connectivity index (χ0n) is 11.4. The van der Waals surface area contributed by atoms with Crippen LogP contribution in [0.1, 0.15) is 15.9 Å². The Bertz CT molecular complexity index is 818. The average Bonchev–Trinajstić information content (AvgIpc) is 2.85. The number of fused-ring (bicyclic) bond motifs is 1. The molecule has 21 heavy (non-hydrogen) atoms. The van der Waals surface area contributed by atoms with Crippen LogP contribution >= 0.6 is 11.6 Å². The van der Waals surface area contributed by atoms with Crippen LogP contribution < -0.4 is 11.1 Å². The number of anilines is 2. The molecule has 1 amide bonds. The van der Waals surface area contributed by atoms with Gasteiger partial charge in [0.05, 0.1) is 16.3 Å². The number of aromatic nitrogens is 1. The molecule has 0 bridgehead atoms. The molecule has 4 N–H and O–H groups in total. The van der Waals surface area contributed by atoms with Crippen molar-refractivity contribution in [1.29, 1.82) is 0 Å². The first-order valence-corrected chi connectivity index (χ1v) is 6.87. The number of nitrogen functional groups attached to an aromatic ring is 1. The van der Waals surface area contributed by atoms with Crippen LogP contribution in [0.5, 0.6) is 0 Å². The Kier molecular flexibility index (Phi) is 3.31. The van der Waals surface area contributed by atoms with Crippen molar-refractivity contribution >= 4 is 39.8 Å². The highest BCUT2D eigenvalue weighted by Gasteiger charge is 2.14. The number of H-pyrrole nitrogens is 1. The molecule has 4 nitrogen and oxygen atoms in total. The summed E-state index contributed by atoms with van der Waals surface area (Å²) in [4.78, 5) is 15.5. The summed E-state index contributed by atoms with van der Waals surface area (Å²) in [5, 5.41) is 4.21. The Hall–Kier alpha value is -2.46. The number of hydrogen-bond donors (Lipinski definition) is 3. The summed E-state index contributed by atoms with van der Waals surface area (Å²) in [6.45, 7) is 1.90. The Morgan fingerprint density at radius 3 is 2.86 bits per heavy atom. The number of para-hydroxylation sites is 1. The van der Waals surface area contributed by atoms with Gasteiger partial charge in [0, 0.05) is 22.8 Å². The van der Waals surface area contributed by atoms with Gasteiger partial charge in [-0.2, -0.15) is 0 Å². The zero-order valence-corrected chi connectivity index (χ0v) is 12.2. The normalized spacial score (nSPS) is 10.8. The maximum absolute atomic E-state index is 12.5. The number of rotatable bonds is 2.